The van der Waals surface area contributed by atoms with E-state index in [9.17, 15) is 19.5 Å². The third-order valence-electron chi connectivity index (χ3n) is 7.79. The molecule has 0 radical (unpaired) electrons. The van der Waals surface area contributed by atoms with Gasteiger partial charge in [0.25, 0.3) is 0 Å². The first kappa shape index (κ1) is 26.5. The summed E-state index contributed by atoms with van der Waals surface area (Å²) in [4.78, 5) is 44.9. The maximum Gasteiger partial charge on any atom is 0.311 e. The van der Waals surface area contributed by atoms with Gasteiger partial charge in [-0.1, -0.05) is 49.1 Å². The van der Waals surface area contributed by atoms with E-state index in [2.05, 4.69) is 13.2 Å². The second-order valence-corrected chi connectivity index (χ2v) is 12.0. The predicted molar refractivity (Wildman–Crippen MR) is 140 cm³/mol. The lowest BCUT2D eigenvalue weighted by atomic mass is 9.66. The van der Waals surface area contributed by atoms with E-state index in [-0.39, 0.29) is 31.0 Å². The van der Waals surface area contributed by atoms with E-state index in [0.29, 0.717) is 38.9 Å². The van der Waals surface area contributed by atoms with Crippen molar-refractivity contribution in [2.75, 3.05) is 26.3 Å². The van der Waals surface area contributed by atoms with Crippen molar-refractivity contribution in [3.63, 3.8) is 0 Å². The van der Waals surface area contributed by atoms with Gasteiger partial charge in [0.15, 0.2) is 0 Å². The molecule has 1 aromatic rings. The van der Waals surface area contributed by atoms with E-state index in [4.69, 9.17) is 4.74 Å². The molecule has 5 atom stereocenters. The molecule has 1 aromatic carbocycles. The fraction of sp³-hybridized carbons (Fsp3) is 0.536. The standard InChI is InChI=1S/C28H36N2O5S/c1-4-15-29(19-20-11-7-6-8-12-20)25(33)23-28-14-13-27(3,36-28)22(26(34)35-18-5-2)21(28)24(32)30(23)16-9-10-17-31/h4-8,11-12,21-23,31H,1-2,9-10,13-19H2,3H3/t21-,22-,23?,27+,28?/m0/s1. The van der Waals surface area contributed by atoms with E-state index in [1.807, 2.05) is 37.3 Å². The first-order valence-electron chi connectivity index (χ1n) is 12.7. The van der Waals surface area contributed by atoms with Crippen LogP contribution < -0.4 is 0 Å². The van der Waals surface area contributed by atoms with Crippen molar-refractivity contribution < 1.29 is 24.2 Å². The van der Waals surface area contributed by atoms with E-state index >= 15 is 0 Å². The number of amides is 2. The van der Waals surface area contributed by atoms with E-state index < -0.39 is 27.4 Å². The minimum Gasteiger partial charge on any atom is -0.461 e. The third kappa shape index (κ3) is 4.50. The molecule has 8 heteroatoms. The Labute approximate surface area is 217 Å². The molecule has 0 aliphatic carbocycles. The van der Waals surface area contributed by atoms with Crippen LogP contribution in [-0.2, 0) is 25.7 Å². The second kappa shape index (κ2) is 10.8. The van der Waals surface area contributed by atoms with Crippen LogP contribution in [0.5, 0.6) is 0 Å². The highest BCUT2D eigenvalue weighted by atomic mass is 32.2. The zero-order valence-electron chi connectivity index (χ0n) is 20.9. The van der Waals surface area contributed by atoms with Crippen LogP contribution in [0.3, 0.4) is 0 Å². The van der Waals surface area contributed by atoms with E-state index in [0.717, 1.165) is 12.0 Å². The molecule has 2 bridgehead atoms. The van der Waals surface area contributed by atoms with Crippen LogP contribution in [0.25, 0.3) is 0 Å². The summed E-state index contributed by atoms with van der Waals surface area (Å²) in [6, 6.07) is 9.09. The Kier molecular flexibility index (Phi) is 7.95. The van der Waals surface area contributed by atoms with Crippen LogP contribution in [0.1, 0.15) is 38.2 Å². The number of aliphatic hydroxyl groups is 1. The zero-order valence-corrected chi connectivity index (χ0v) is 21.8. The molecule has 3 fully saturated rings. The lowest BCUT2D eigenvalue weighted by Crippen LogP contribution is -2.54. The normalized spacial score (nSPS) is 30.2. The number of likely N-dealkylation sites (tertiary alicyclic amines) is 1. The molecule has 2 amide bonds. The number of fused-ring (bicyclic) bond motifs is 1. The van der Waals surface area contributed by atoms with Crippen LogP contribution in [0.4, 0.5) is 0 Å². The molecule has 194 valence electrons. The maximum atomic E-state index is 14.3. The van der Waals surface area contributed by atoms with Gasteiger partial charge in [-0.05, 0) is 38.2 Å². The summed E-state index contributed by atoms with van der Waals surface area (Å²) >= 11 is 1.63. The van der Waals surface area contributed by atoms with Gasteiger partial charge < -0.3 is 19.6 Å². The summed E-state index contributed by atoms with van der Waals surface area (Å²) in [6.45, 7) is 10.8. The highest BCUT2D eigenvalue weighted by Gasteiger charge is 2.77. The van der Waals surface area contributed by atoms with Crippen molar-refractivity contribution >= 4 is 29.5 Å². The van der Waals surface area contributed by atoms with E-state index in [1.165, 1.54) is 6.08 Å². The second-order valence-electron chi connectivity index (χ2n) is 10.1. The fourth-order valence-corrected chi connectivity index (χ4v) is 8.63. The van der Waals surface area contributed by atoms with Crippen LogP contribution in [0.15, 0.2) is 55.6 Å². The Balaban J connectivity index is 1.71. The zero-order chi connectivity index (χ0) is 25.9. The molecule has 3 saturated heterocycles. The average Bonchev–Trinajstić information content (AvgIpc) is 3.43. The first-order chi connectivity index (χ1) is 17.3. The Morgan fingerprint density at radius 3 is 2.64 bits per heavy atom. The number of rotatable bonds is 12. The van der Waals surface area contributed by atoms with Crippen LogP contribution in [0, 0.1) is 11.8 Å². The Hall–Kier alpha value is -2.58. The van der Waals surface area contributed by atoms with Crippen molar-refractivity contribution in [3.8, 4) is 0 Å². The number of unbranched alkanes of at least 4 members (excludes halogenated alkanes) is 1. The summed E-state index contributed by atoms with van der Waals surface area (Å²) < 4.78 is 4.31. The van der Waals surface area contributed by atoms with Gasteiger partial charge in [0.2, 0.25) is 11.8 Å². The lowest BCUT2D eigenvalue weighted by Gasteiger charge is -2.37. The van der Waals surface area contributed by atoms with Gasteiger partial charge >= 0.3 is 5.97 Å². The largest absolute Gasteiger partial charge is 0.461 e. The minimum atomic E-state index is -0.684. The first-order valence-corrected chi connectivity index (χ1v) is 13.5. The molecule has 4 rings (SSSR count). The number of esters is 1. The molecule has 7 nitrogen and oxygen atoms in total. The Morgan fingerprint density at radius 2 is 1.97 bits per heavy atom. The average molecular weight is 513 g/mol. The quantitative estimate of drug-likeness (QED) is 0.263. The summed E-state index contributed by atoms with van der Waals surface area (Å²) in [5.41, 5.74) is 0.999. The number of aliphatic hydroxyl groups excluding tert-OH is 1. The molecule has 0 saturated carbocycles. The van der Waals surface area contributed by atoms with Gasteiger partial charge in [-0.2, -0.15) is 0 Å². The minimum absolute atomic E-state index is 0.0230. The van der Waals surface area contributed by atoms with Crippen molar-refractivity contribution in [2.24, 2.45) is 11.8 Å². The number of hydrogen-bond acceptors (Lipinski definition) is 6. The highest BCUT2D eigenvalue weighted by Crippen LogP contribution is 2.71. The molecule has 36 heavy (non-hydrogen) atoms. The smallest absolute Gasteiger partial charge is 0.311 e. The number of nitrogens with zero attached hydrogens (tertiary/aromatic N) is 2. The number of carbonyl (C=O) groups is 3. The summed E-state index contributed by atoms with van der Waals surface area (Å²) in [5.74, 6) is -1.87. The SMILES string of the molecule is C=CCOC(=O)[C@@H]1[C@H]2C(=O)N(CCCCO)C(C(=O)N(CC=C)Cc3ccccc3)C23CC[C@@]1(C)S3. The van der Waals surface area contributed by atoms with Crippen LogP contribution in [-0.4, -0.2) is 74.5 Å². The van der Waals surface area contributed by atoms with Crippen LogP contribution in [0.2, 0.25) is 0 Å². The molecule has 2 unspecified atom stereocenters. The Bertz CT molecular complexity index is 1020. The van der Waals surface area contributed by atoms with Crippen molar-refractivity contribution in [2.45, 2.75) is 54.7 Å². The molecule has 3 aliphatic heterocycles. The predicted octanol–water partition coefficient (Wildman–Crippen LogP) is 3.18. The molecule has 1 N–H and O–H groups in total. The lowest BCUT2D eigenvalue weighted by molar-refractivity contribution is -0.154. The fourth-order valence-electron chi connectivity index (χ4n) is 6.29. The van der Waals surface area contributed by atoms with Crippen molar-refractivity contribution in [1.82, 2.24) is 9.80 Å². The van der Waals surface area contributed by atoms with Gasteiger partial charge in [-0.3, -0.25) is 14.4 Å². The summed E-state index contributed by atoms with van der Waals surface area (Å²) in [6.07, 6.45) is 5.79. The van der Waals surface area contributed by atoms with Crippen molar-refractivity contribution in [1.29, 1.82) is 0 Å². The van der Waals surface area contributed by atoms with Gasteiger partial charge in [0.05, 0.1) is 16.6 Å². The molecule has 0 aromatic heterocycles. The van der Waals surface area contributed by atoms with Crippen molar-refractivity contribution in [3.05, 3.63) is 61.2 Å². The molecular formula is C28H36N2O5S. The molecule has 3 heterocycles. The maximum absolute atomic E-state index is 14.3. The van der Waals surface area contributed by atoms with Crippen LogP contribution >= 0.6 is 11.8 Å². The molecule has 1 spiro atoms. The monoisotopic (exact) mass is 512 g/mol. The third-order valence-corrected chi connectivity index (χ3v) is 9.78. The Morgan fingerprint density at radius 1 is 1.22 bits per heavy atom. The van der Waals surface area contributed by atoms with E-state index in [1.54, 1.807) is 27.6 Å². The van der Waals surface area contributed by atoms with Gasteiger partial charge in [0, 0.05) is 31.0 Å². The number of benzene rings is 1. The van der Waals surface area contributed by atoms with Gasteiger partial charge in [-0.25, -0.2) is 0 Å². The summed E-state index contributed by atoms with van der Waals surface area (Å²) in [5, 5.41) is 9.34. The highest BCUT2D eigenvalue weighted by molar-refractivity contribution is 8.02. The number of ether oxygens (including phenoxy) is 1. The number of carbonyl (C=O) groups excluding carboxylic acids is 3. The number of hydrogen-bond donors (Lipinski definition) is 1. The van der Waals surface area contributed by atoms with Gasteiger partial charge in [0.1, 0.15) is 12.6 Å². The summed E-state index contributed by atoms with van der Waals surface area (Å²) in [7, 11) is 0. The topological polar surface area (TPSA) is 87.1 Å². The van der Waals surface area contributed by atoms with Gasteiger partial charge in [-0.15, -0.1) is 18.3 Å². The molecule has 3 aliphatic rings. The molecular weight excluding hydrogens is 476 g/mol. The number of thioether (sulfide) groups is 1.